The van der Waals surface area contributed by atoms with E-state index in [1.54, 1.807) is 6.92 Å². The summed E-state index contributed by atoms with van der Waals surface area (Å²) in [7, 11) is 0. The first-order valence-corrected chi connectivity index (χ1v) is 5.89. The molecule has 0 saturated heterocycles. The lowest BCUT2D eigenvalue weighted by molar-refractivity contribution is -0.137. The molecule has 5 nitrogen and oxygen atoms in total. The van der Waals surface area contributed by atoms with Crippen LogP contribution in [0.5, 0.6) is 5.75 Å². The maximum Gasteiger partial charge on any atom is 0.303 e. The summed E-state index contributed by atoms with van der Waals surface area (Å²) < 4.78 is 13.4. The largest absolute Gasteiger partial charge is 0.507 e. The third-order valence-corrected chi connectivity index (χ3v) is 2.68. The zero-order valence-corrected chi connectivity index (χ0v) is 10.5. The molecule has 0 spiro atoms. The van der Waals surface area contributed by atoms with Gasteiger partial charge < -0.3 is 15.5 Å². The van der Waals surface area contributed by atoms with Crippen molar-refractivity contribution in [1.29, 1.82) is 0 Å². The Bertz CT molecular complexity index is 455. The number of phenolic OH excluding ortho intramolecular Hbond substituents is 1. The van der Waals surface area contributed by atoms with Gasteiger partial charge in [-0.15, -0.1) is 0 Å². The van der Waals surface area contributed by atoms with E-state index in [1.165, 1.54) is 12.1 Å². The first kappa shape index (κ1) is 14.9. The van der Waals surface area contributed by atoms with Gasteiger partial charge in [0.25, 0.3) is 5.91 Å². The highest BCUT2D eigenvalue weighted by Crippen LogP contribution is 2.19. The number of benzene rings is 1. The van der Waals surface area contributed by atoms with E-state index in [9.17, 15) is 19.1 Å². The van der Waals surface area contributed by atoms with Crippen molar-refractivity contribution in [2.45, 2.75) is 19.8 Å². The molecule has 3 N–H and O–H groups in total. The van der Waals surface area contributed by atoms with Crippen LogP contribution in [0.1, 0.15) is 30.1 Å². The summed E-state index contributed by atoms with van der Waals surface area (Å²) in [5, 5.41) is 20.4. The minimum absolute atomic E-state index is 0.0159. The van der Waals surface area contributed by atoms with Crippen molar-refractivity contribution >= 4 is 11.9 Å². The molecule has 1 rings (SSSR count). The van der Waals surface area contributed by atoms with Crippen LogP contribution in [-0.4, -0.2) is 28.6 Å². The number of carbonyl (C=O) groups excluding carboxylic acids is 1. The third-order valence-electron chi connectivity index (χ3n) is 2.68. The summed E-state index contributed by atoms with van der Waals surface area (Å²) in [5.41, 5.74) is -0.395. The summed E-state index contributed by atoms with van der Waals surface area (Å²) in [6, 6.07) is 3.62. The van der Waals surface area contributed by atoms with Crippen LogP contribution in [0.25, 0.3) is 0 Å². The second-order valence-electron chi connectivity index (χ2n) is 4.38. The number of halogens is 1. The normalized spacial score (nSPS) is 11.9. The molecule has 1 atom stereocenters. The summed E-state index contributed by atoms with van der Waals surface area (Å²) in [4.78, 5) is 22.1. The van der Waals surface area contributed by atoms with E-state index >= 15 is 0 Å². The molecule has 1 aromatic rings. The quantitative estimate of drug-likeness (QED) is 0.734. The zero-order valence-electron chi connectivity index (χ0n) is 10.5. The molecule has 0 radical (unpaired) electrons. The summed E-state index contributed by atoms with van der Waals surface area (Å²) in [6.07, 6.45) is 0.431. The number of carboxylic acids is 1. The van der Waals surface area contributed by atoms with Crippen LogP contribution in [0.3, 0.4) is 0 Å². The third kappa shape index (κ3) is 4.57. The standard InChI is InChI=1S/C13H16FNO4/c1-8(5-6-11(17)18)7-15-13(19)12-9(14)3-2-4-10(12)16/h2-4,8,16H,5-7H2,1H3,(H,15,19)(H,17,18). The van der Waals surface area contributed by atoms with Crippen molar-refractivity contribution in [3.8, 4) is 5.75 Å². The highest BCUT2D eigenvalue weighted by Gasteiger charge is 2.17. The lowest BCUT2D eigenvalue weighted by Crippen LogP contribution is -2.29. The minimum atomic E-state index is -0.898. The predicted octanol–water partition coefficient (Wildman–Crippen LogP) is 1.76. The van der Waals surface area contributed by atoms with Gasteiger partial charge in [0, 0.05) is 13.0 Å². The van der Waals surface area contributed by atoms with Crippen molar-refractivity contribution in [1.82, 2.24) is 5.32 Å². The van der Waals surface area contributed by atoms with Gasteiger partial charge in [0.15, 0.2) is 0 Å². The van der Waals surface area contributed by atoms with E-state index in [2.05, 4.69) is 5.32 Å². The molecule has 6 heteroatoms. The SMILES string of the molecule is CC(CCC(=O)O)CNC(=O)c1c(O)cccc1F. The second kappa shape index (κ2) is 6.72. The van der Waals surface area contributed by atoms with Crippen LogP contribution in [0, 0.1) is 11.7 Å². The zero-order chi connectivity index (χ0) is 14.4. The Hall–Kier alpha value is -2.11. The Labute approximate surface area is 110 Å². The number of carbonyl (C=O) groups is 2. The molecule has 0 aromatic heterocycles. The highest BCUT2D eigenvalue weighted by molar-refractivity contribution is 5.97. The molecule has 1 aromatic carbocycles. The van der Waals surface area contributed by atoms with Crippen LogP contribution in [-0.2, 0) is 4.79 Å². The lowest BCUT2D eigenvalue weighted by Gasteiger charge is -2.12. The maximum absolute atomic E-state index is 13.4. The maximum atomic E-state index is 13.4. The number of hydrogen-bond donors (Lipinski definition) is 3. The smallest absolute Gasteiger partial charge is 0.303 e. The van der Waals surface area contributed by atoms with E-state index < -0.39 is 29.0 Å². The minimum Gasteiger partial charge on any atom is -0.507 e. The number of nitrogens with one attached hydrogen (secondary N) is 1. The number of hydrogen-bond acceptors (Lipinski definition) is 3. The van der Waals surface area contributed by atoms with Crippen molar-refractivity contribution in [2.75, 3.05) is 6.54 Å². The fourth-order valence-electron chi connectivity index (χ4n) is 1.56. The number of aromatic hydroxyl groups is 1. The number of carboxylic acid groups (broad SMARTS) is 1. The molecule has 0 aliphatic rings. The van der Waals surface area contributed by atoms with Gasteiger partial charge in [-0.1, -0.05) is 13.0 Å². The van der Waals surface area contributed by atoms with E-state index in [4.69, 9.17) is 5.11 Å². The Morgan fingerprint density at radius 2 is 2.11 bits per heavy atom. The van der Waals surface area contributed by atoms with Gasteiger partial charge in [-0.25, -0.2) is 4.39 Å². The molecule has 0 bridgehead atoms. The molecule has 1 amide bonds. The van der Waals surface area contributed by atoms with Crippen LogP contribution < -0.4 is 5.32 Å². The monoisotopic (exact) mass is 269 g/mol. The fraction of sp³-hybridized carbons (Fsp3) is 0.385. The molecular weight excluding hydrogens is 253 g/mol. The molecule has 104 valence electrons. The van der Waals surface area contributed by atoms with Gasteiger partial charge in [-0.05, 0) is 24.5 Å². The molecule has 0 fully saturated rings. The van der Waals surface area contributed by atoms with Crippen LogP contribution in [0.2, 0.25) is 0 Å². The number of amides is 1. The number of rotatable bonds is 6. The van der Waals surface area contributed by atoms with Crippen LogP contribution >= 0.6 is 0 Å². The van der Waals surface area contributed by atoms with Gasteiger partial charge in [0.2, 0.25) is 0 Å². The van der Waals surface area contributed by atoms with Gasteiger partial charge in [-0.2, -0.15) is 0 Å². The summed E-state index contributed by atoms with van der Waals surface area (Å²) in [5.74, 6) is -2.87. The van der Waals surface area contributed by atoms with Crippen molar-refractivity contribution in [2.24, 2.45) is 5.92 Å². The van der Waals surface area contributed by atoms with E-state index in [0.29, 0.717) is 6.42 Å². The molecular formula is C13H16FNO4. The van der Waals surface area contributed by atoms with E-state index in [1.807, 2.05) is 0 Å². The first-order valence-electron chi connectivity index (χ1n) is 5.89. The van der Waals surface area contributed by atoms with Gasteiger partial charge in [0.1, 0.15) is 17.1 Å². The van der Waals surface area contributed by atoms with E-state index in [-0.39, 0.29) is 18.9 Å². The molecule has 0 heterocycles. The molecule has 0 saturated carbocycles. The van der Waals surface area contributed by atoms with Crippen molar-refractivity contribution in [3.05, 3.63) is 29.6 Å². The summed E-state index contributed by atoms with van der Waals surface area (Å²) in [6.45, 7) is 2.00. The Balaban J connectivity index is 2.54. The van der Waals surface area contributed by atoms with Gasteiger partial charge in [-0.3, -0.25) is 9.59 Å². The average Bonchev–Trinajstić information content (AvgIpc) is 2.33. The highest BCUT2D eigenvalue weighted by atomic mass is 19.1. The Kier molecular flexibility index (Phi) is 5.29. The summed E-state index contributed by atoms with van der Waals surface area (Å²) >= 11 is 0. The molecule has 19 heavy (non-hydrogen) atoms. The first-order chi connectivity index (χ1) is 8.91. The molecule has 0 aliphatic carbocycles. The topological polar surface area (TPSA) is 86.6 Å². The Morgan fingerprint density at radius 1 is 1.42 bits per heavy atom. The fourth-order valence-corrected chi connectivity index (χ4v) is 1.56. The molecule has 1 unspecified atom stereocenters. The van der Waals surface area contributed by atoms with Crippen LogP contribution in [0.4, 0.5) is 4.39 Å². The van der Waals surface area contributed by atoms with Crippen LogP contribution in [0.15, 0.2) is 18.2 Å². The average molecular weight is 269 g/mol. The van der Waals surface area contributed by atoms with Crippen molar-refractivity contribution < 1.29 is 24.2 Å². The number of phenols is 1. The van der Waals surface area contributed by atoms with Gasteiger partial charge >= 0.3 is 5.97 Å². The van der Waals surface area contributed by atoms with Gasteiger partial charge in [0.05, 0.1) is 0 Å². The lowest BCUT2D eigenvalue weighted by atomic mass is 10.1. The Morgan fingerprint density at radius 3 is 2.68 bits per heavy atom. The second-order valence-corrected chi connectivity index (χ2v) is 4.38. The number of aliphatic carboxylic acids is 1. The molecule has 0 aliphatic heterocycles. The van der Waals surface area contributed by atoms with Crippen molar-refractivity contribution in [3.63, 3.8) is 0 Å². The predicted molar refractivity (Wildman–Crippen MR) is 66.4 cm³/mol. The van der Waals surface area contributed by atoms with E-state index in [0.717, 1.165) is 6.07 Å².